The molecule has 0 atom stereocenters. The number of nitrogens with zero attached hydrogens (tertiary/aromatic N) is 2. The van der Waals surface area contributed by atoms with Gasteiger partial charge >= 0.3 is 0 Å². The smallest absolute Gasteiger partial charge is 0.142 e. The fourth-order valence-corrected chi connectivity index (χ4v) is 4.72. The Morgan fingerprint density at radius 2 is 1.62 bits per heavy atom. The molecule has 2 aromatic carbocycles. The van der Waals surface area contributed by atoms with Crippen molar-refractivity contribution in [3.63, 3.8) is 0 Å². The predicted octanol–water partition coefficient (Wildman–Crippen LogP) is 6.66. The van der Waals surface area contributed by atoms with Gasteiger partial charge in [-0.15, -0.1) is 0 Å². The molecule has 166 valence electrons. The summed E-state index contributed by atoms with van der Waals surface area (Å²) in [7, 11) is 0. The highest BCUT2D eigenvalue weighted by molar-refractivity contribution is 5.92. The second-order valence-corrected chi connectivity index (χ2v) is 8.99. The third-order valence-electron chi connectivity index (χ3n) is 6.33. The number of carbonyl (C=O) groups excluding carboxylic acids is 1. The number of aromatic nitrogens is 1. The van der Waals surface area contributed by atoms with Gasteiger partial charge in [0.2, 0.25) is 0 Å². The van der Waals surface area contributed by atoms with Gasteiger partial charge in [0.15, 0.2) is 0 Å². The van der Waals surface area contributed by atoms with Crippen molar-refractivity contribution in [1.82, 2.24) is 4.68 Å². The first-order chi connectivity index (χ1) is 15.5. The molecule has 0 unspecified atom stereocenters. The summed E-state index contributed by atoms with van der Waals surface area (Å²) in [5.41, 5.74) is 6.39. The van der Waals surface area contributed by atoms with Crippen LogP contribution in [0.3, 0.4) is 0 Å². The maximum Gasteiger partial charge on any atom is 0.142 e. The molecule has 1 aliphatic heterocycles. The third-order valence-corrected chi connectivity index (χ3v) is 6.33. The molecule has 3 nitrogen and oxygen atoms in total. The molecule has 0 bridgehead atoms. The Labute approximate surface area is 190 Å². The highest BCUT2D eigenvalue weighted by Gasteiger charge is 2.29. The number of aldehydes is 1. The largest absolute Gasteiger partial charge is 0.312 e. The highest BCUT2D eigenvalue weighted by Crippen LogP contribution is 2.43. The van der Waals surface area contributed by atoms with Crippen molar-refractivity contribution in [1.29, 1.82) is 0 Å². The highest BCUT2D eigenvalue weighted by atomic mass is 19.1. The average molecular weight is 431 g/mol. The maximum atomic E-state index is 13.8. The summed E-state index contributed by atoms with van der Waals surface area (Å²) in [5.74, 6) is 0.696. The van der Waals surface area contributed by atoms with E-state index in [1.165, 1.54) is 17.8 Å². The van der Waals surface area contributed by atoms with Crippen LogP contribution < -0.4 is 5.01 Å². The summed E-state index contributed by atoms with van der Waals surface area (Å²) in [6.07, 6.45) is 6.59. The summed E-state index contributed by atoms with van der Waals surface area (Å²) < 4.78 is 16.2. The van der Waals surface area contributed by atoms with Crippen molar-refractivity contribution >= 4 is 12.4 Å². The molecule has 0 radical (unpaired) electrons. The van der Waals surface area contributed by atoms with Crippen molar-refractivity contribution in [2.45, 2.75) is 39.5 Å². The van der Waals surface area contributed by atoms with Crippen LogP contribution in [-0.4, -0.2) is 24.1 Å². The molecule has 1 aliphatic rings. The lowest BCUT2D eigenvalue weighted by Crippen LogP contribution is -2.42. The molecule has 0 saturated carbocycles. The molecular weight excluding hydrogens is 399 g/mol. The van der Waals surface area contributed by atoms with Crippen LogP contribution in [-0.2, 0) is 4.79 Å². The lowest BCUT2D eigenvalue weighted by molar-refractivity contribution is -0.104. The monoisotopic (exact) mass is 430 g/mol. The summed E-state index contributed by atoms with van der Waals surface area (Å²) in [4.78, 5) is 11.3. The van der Waals surface area contributed by atoms with Gasteiger partial charge in [-0.25, -0.2) is 4.39 Å². The fraction of sp³-hybridized carbons (Fsp3) is 0.321. The van der Waals surface area contributed by atoms with Crippen molar-refractivity contribution < 1.29 is 9.18 Å². The average Bonchev–Trinajstić information content (AvgIpc) is 3.14. The zero-order valence-electron chi connectivity index (χ0n) is 19.1. The third kappa shape index (κ3) is 4.27. The number of piperidine rings is 1. The van der Waals surface area contributed by atoms with E-state index in [1.807, 2.05) is 24.3 Å². The molecule has 0 amide bonds. The molecule has 0 N–H and O–H groups in total. The van der Waals surface area contributed by atoms with E-state index in [4.69, 9.17) is 0 Å². The molecule has 1 aromatic heterocycles. The zero-order chi connectivity index (χ0) is 22.7. The molecule has 0 spiro atoms. The van der Waals surface area contributed by atoms with Gasteiger partial charge < -0.3 is 5.01 Å². The van der Waals surface area contributed by atoms with Crippen LogP contribution in [0.2, 0.25) is 0 Å². The standard InChI is InChI=1S/C28H31FN2O/c1-20(2)27-25(10-7-19-32)26(22-11-13-24(29)14-12-22)28(23-8-5-4-6-9-23)31(27)30-17-15-21(3)16-18-30/h4-14,19-21H,15-18H2,1-3H3/b10-7+. The first-order valence-corrected chi connectivity index (χ1v) is 11.5. The van der Waals surface area contributed by atoms with Gasteiger partial charge in [-0.1, -0.05) is 63.2 Å². The summed E-state index contributed by atoms with van der Waals surface area (Å²) >= 11 is 0. The first-order valence-electron chi connectivity index (χ1n) is 11.5. The van der Waals surface area contributed by atoms with Crippen molar-refractivity contribution in [2.75, 3.05) is 18.1 Å². The Morgan fingerprint density at radius 1 is 0.969 bits per heavy atom. The topological polar surface area (TPSA) is 25.2 Å². The summed E-state index contributed by atoms with van der Waals surface area (Å²) in [5, 5.41) is 2.45. The summed E-state index contributed by atoms with van der Waals surface area (Å²) in [6.45, 7) is 8.67. The van der Waals surface area contributed by atoms with E-state index >= 15 is 0 Å². The van der Waals surface area contributed by atoms with E-state index in [0.29, 0.717) is 0 Å². The first kappa shape index (κ1) is 22.1. The minimum Gasteiger partial charge on any atom is -0.312 e. The Morgan fingerprint density at radius 3 is 2.22 bits per heavy atom. The van der Waals surface area contributed by atoms with Crippen LogP contribution in [0.15, 0.2) is 60.7 Å². The van der Waals surface area contributed by atoms with Gasteiger partial charge in [-0.3, -0.25) is 9.47 Å². The van der Waals surface area contributed by atoms with E-state index in [9.17, 15) is 9.18 Å². The molecule has 32 heavy (non-hydrogen) atoms. The minimum atomic E-state index is -0.256. The fourth-order valence-electron chi connectivity index (χ4n) is 4.72. The van der Waals surface area contributed by atoms with E-state index < -0.39 is 0 Å². The Hall–Kier alpha value is -3.14. The number of allylic oxidation sites excluding steroid dienone is 1. The lowest BCUT2D eigenvalue weighted by atomic mass is 9.94. The minimum absolute atomic E-state index is 0.234. The SMILES string of the molecule is CC1CCN(n2c(-c3ccccc3)c(-c3ccc(F)cc3)c(/C=C/C=O)c2C(C)C)CC1. The second kappa shape index (κ2) is 9.56. The van der Waals surface area contributed by atoms with Gasteiger partial charge in [0.25, 0.3) is 0 Å². The molecule has 4 heteroatoms. The molecule has 2 heterocycles. The van der Waals surface area contributed by atoms with E-state index in [-0.39, 0.29) is 11.7 Å². The Kier molecular flexibility index (Phi) is 6.59. The number of hydrogen-bond donors (Lipinski definition) is 0. The van der Waals surface area contributed by atoms with Crippen LogP contribution in [0.1, 0.15) is 50.8 Å². The number of benzene rings is 2. The van der Waals surface area contributed by atoms with Crippen LogP contribution in [0.25, 0.3) is 28.5 Å². The quantitative estimate of drug-likeness (QED) is 0.322. The van der Waals surface area contributed by atoms with Crippen molar-refractivity contribution in [3.8, 4) is 22.4 Å². The molecule has 0 aliphatic carbocycles. The molecule has 1 fully saturated rings. The van der Waals surface area contributed by atoms with Gasteiger partial charge in [-0.05, 0) is 54.5 Å². The summed E-state index contributed by atoms with van der Waals surface area (Å²) in [6, 6.07) is 17.1. The lowest BCUT2D eigenvalue weighted by Gasteiger charge is -2.36. The Bertz CT molecular complexity index is 1090. The number of hydrogen-bond acceptors (Lipinski definition) is 2. The van der Waals surface area contributed by atoms with E-state index in [0.717, 1.165) is 66.1 Å². The number of halogens is 1. The molecule has 1 saturated heterocycles. The van der Waals surface area contributed by atoms with Crippen LogP contribution in [0.5, 0.6) is 0 Å². The number of carbonyl (C=O) groups is 1. The van der Waals surface area contributed by atoms with Crippen molar-refractivity contribution in [3.05, 3.63) is 77.7 Å². The van der Waals surface area contributed by atoms with Gasteiger partial charge in [0.1, 0.15) is 12.1 Å². The Balaban J connectivity index is 2.08. The zero-order valence-corrected chi connectivity index (χ0v) is 19.1. The predicted molar refractivity (Wildman–Crippen MR) is 131 cm³/mol. The van der Waals surface area contributed by atoms with Crippen molar-refractivity contribution in [2.24, 2.45) is 5.92 Å². The second-order valence-electron chi connectivity index (χ2n) is 8.99. The normalized spacial score (nSPS) is 15.1. The molecular formula is C28H31FN2O. The van der Waals surface area contributed by atoms with Crippen LogP contribution in [0.4, 0.5) is 4.39 Å². The van der Waals surface area contributed by atoms with E-state index in [2.05, 4.69) is 54.7 Å². The van der Waals surface area contributed by atoms with E-state index in [1.54, 1.807) is 6.08 Å². The van der Waals surface area contributed by atoms with Gasteiger partial charge in [0, 0.05) is 29.8 Å². The van der Waals surface area contributed by atoms with Gasteiger partial charge in [-0.2, -0.15) is 0 Å². The van der Waals surface area contributed by atoms with Crippen LogP contribution in [0, 0.1) is 11.7 Å². The maximum absolute atomic E-state index is 13.8. The molecule has 4 rings (SSSR count). The number of rotatable bonds is 6. The van der Waals surface area contributed by atoms with Crippen LogP contribution >= 0.6 is 0 Å². The van der Waals surface area contributed by atoms with Gasteiger partial charge in [0.05, 0.1) is 11.4 Å². The molecule has 3 aromatic rings.